The zero-order chi connectivity index (χ0) is 18.0. The van der Waals surface area contributed by atoms with Crippen LogP contribution in [0, 0.1) is 34.1 Å². The van der Waals surface area contributed by atoms with Crippen LogP contribution in [0.1, 0.15) is 21.5 Å². The number of halogens is 1. The van der Waals surface area contributed by atoms with E-state index < -0.39 is 27.1 Å². The molecule has 0 fully saturated rings. The highest BCUT2D eigenvalue weighted by atomic mass is 35.5. The summed E-state index contributed by atoms with van der Waals surface area (Å²) in [4.78, 5) is 32.5. The van der Waals surface area contributed by atoms with Crippen molar-refractivity contribution in [2.75, 3.05) is 5.32 Å². The van der Waals surface area contributed by atoms with Crippen LogP contribution < -0.4 is 5.32 Å². The van der Waals surface area contributed by atoms with Gasteiger partial charge >= 0.3 is 0 Å². The van der Waals surface area contributed by atoms with Gasteiger partial charge in [-0.1, -0.05) is 17.7 Å². The monoisotopic (exact) mass is 349 g/mol. The van der Waals surface area contributed by atoms with Crippen LogP contribution in [0.5, 0.6) is 0 Å². The lowest BCUT2D eigenvalue weighted by Gasteiger charge is -2.11. The molecule has 0 aliphatic heterocycles. The van der Waals surface area contributed by atoms with Gasteiger partial charge in [-0.15, -0.1) is 0 Å². The first-order valence-electron chi connectivity index (χ1n) is 6.71. The van der Waals surface area contributed by atoms with Crippen molar-refractivity contribution in [2.45, 2.75) is 13.8 Å². The quantitative estimate of drug-likeness (QED) is 0.660. The number of hydrogen-bond donors (Lipinski definition) is 1. The van der Waals surface area contributed by atoms with Gasteiger partial charge in [-0.25, -0.2) is 0 Å². The Bertz CT molecular complexity index is 811. The van der Waals surface area contributed by atoms with E-state index in [-0.39, 0.29) is 5.56 Å². The fourth-order valence-corrected chi connectivity index (χ4v) is 2.57. The normalized spacial score (nSPS) is 10.3. The maximum atomic E-state index is 12.3. The predicted octanol–water partition coefficient (Wildman–Crippen LogP) is 4.03. The van der Waals surface area contributed by atoms with Crippen molar-refractivity contribution in [3.8, 4) is 0 Å². The first-order chi connectivity index (χ1) is 11.2. The summed E-state index contributed by atoms with van der Waals surface area (Å²) in [7, 11) is 0. The molecule has 24 heavy (non-hydrogen) atoms. The van der Waals surface area contributed by atoms with Crippen LogP contribution in [0.4, 0.5) is 17.1 Å². The topological polar surface area (TPSA) is 115 Å². The molecular weight excluding hydrogens is 338 g/mol. The van der Waals surface area contributed by atoms with E-state index in [1.807, 2.05) is 6.92 Å². The standard InChI is InChI=1S/C15H12ClN3O5/c1-8-3-9(2)14(13(16)4-8)17-15(20)10-5-11(18(21)22)7-12(6-10)19(23)24/h3-7H,1-2H3,(H,17,20). The SMILES string of the molecule is Cc1cc(C)c(NC(=O)c2cc([N+](=O)[O-])cc([N+](=O)[O-])c2)c(Cl)c1. The van der Waals surface area contributed by atoms with Crippen LogP contribution in [0.3, 0.4) is 0 Å². The minimum absolute atomic E-state index is 0.202. The van der Waals surface area contributed by atoms with Gasteiger partial charge in [0.25, 0.3) is 17.3 Å². The van der Waals surface area contributed by atoms with Gasteiger partial charge in [0.2, 0.25) is 0 Å². The molecule has 2 aromatic rings. The number of nitro groups is 2. The fourth-order valence-electron chi connectivity index (χ4n) is 2.20. The average Bonchev–Trinajstić information content (AvgIpc) is 2.49. The van der Waals surface area contributed by atoms with E-state index in [4.69, 9.17) is 11.6 Å². The third kappa shape index (κ3) is 3.66. The molecule has 2 rings (SSSR count). The molecule has 1 amide bonds. The Morgan fingerprint density at radius 3 is 2.00 bits per heavy atom. The predicted molar refractivity (Wildman–Crippen MR) is 88.6 cm³/mol. The smallest absolute Gasteiger partial charge is 0.277 e. The number of non-ortho nitro benzene ring substituents is 2. The summed E-state index contributed by atoms with van der Waals surface area (Å²) >= 11 is 6.10. The van der Waals surface area contributed by atoms with Gasteiger partial charge in [-0.3, -0.25) is 25.0 Å². The van der Waals surface area contributed by atoms with Gasteiger partial charge < -0.3 is 5.32 Å². The second kappa shape index (κ2) is 6.63. The second-order valence-electron chi connectivity index (χ2n) is 5.15. The largest absolute Gasteiger partial charge is 0.320 e. The van der Waals surface area contributed by atoms with Crippen molar-refractivity contribution in [1.29, 1.82) is 0 Å². The molecule has 0 bridgehead atoms. The van der Waals surface area contributed by atoms with Crippen LogP contribution >= 0.6 is 11.6 Å². The number of carbonyl (C=O) groups excluding carboxylic acids is 1. The number of anilines is 1. The lowest BCUT2D eigenvalue weighted by atomic mass is 10.1. The van der Waals surface area contributed by atoms with E-state index in [1.165, 1.54) is 0 Å². The summed E-state index contributed by atoms with van der Waals surface area (Å²) in [6, 6.07) is 6.19. The van der Waals surface area contributed by atoms with Gasteiger partial charge in [0.05, 0.1) is 32.2 Å². The zero-order valence-electron chi connectivity index (χ0n) is 12.7. The Morgan fingerprint density at radius 1 is 1.00 bits per heavy atom. The number of rotatable bonds is 4. The maximum Gasteiger partial charge on any atom is 0.277 e. The minimum atomic E-state index is -0.798. The van der Waals surface area contributed by atoms with Crippen molar-refractivity contribution in [1.82, 2.24) is 0 Å². The van der Waals surface area contributed by atoms with Crippen LogP contribution in [0.2, 0.25) is 5.02 Å². The zero-order valence-corrected chi connectivity index (χ0v) is 13.5. The highest BCUT2D eigenvalue weighted by molar-refractivity contribution is 6.34. The van der Waals surface area contributed by atoms with Crippen LogP contribution in [0.25, 0.3) is 0 Å². The molecule has 2 aromatic carbocycles. The minimum Gasteiger partial charge on any atom is -0.320 e. The Labute approximate surface area is 141 Å². The third-order valence-electron chi connectivity index (χ3n) is 3.26. The number of nitrogens with zero attached hydrogens (tertiary/aromatic N) is 2. The number of carbonyl (C=O) groups is 1. The highest BCUT2D eigenvalue weighted by Crippen LogP contribution is 2.29. The highest BCUT2D eigenvalue weighted by Gasteiger charge is 2.20. The van der Waals surface area contributed by atoms with Crippen LogP contribution in [-0.2, 0) is 0 Å². The summed E-state index contributed by atoms with van der Waals surface area (Å²) in [5.41, 5.74) is 0.672. The van der Waals surface area contributed by atoms with Crippen molar-refractivity contribution in [2.24, 2.45) is 0 Å². The molecule has 124 valence electrons. The summed E-state index contributed by atoms with van der Waals surface area (Å²) < 4.78 is 0. The van der Waals surface area contributed by atoms with Crippen LogP contribution in [0.15, 0.2) is 30.3 Å². The number of nitrogens with one attached hydrogen (secondary N) is 1. The van der Waals surface area contributed by atoms with Crippen molar-refractivity contribution in [3.63, 3.8) is 0 Å². The van der Waals surface area contributed by atoms with Gasteiger partial charge in [-0.2, -0.15) is 0 Å². The molecular formula is C15H12ClN3O5. The number of amides is 1. The molecule has 0 aromatic heterocycles. The van der Waals surface area contributed by atoms with E-state index in [1.54, 1.807) is 19.1 Å². The van der Waals surface area contributed by atoms with Crippen molar-refractivity contribution in [3.05, 3.63) is 72.3 Å². The Kier molecular flexibility index (Phi) is 4.79. The Balaban J connectivity index is 2.43. The molecule has 9 heteroatoms. The molecule has 0 unspecified atom stereocenters. The summed E-state index contributed by atoms with van der Waals surface area (Å²) in [6.45, 7) is 3.58. The third-order valence-corrected chi connectivity index (χ3v) is 3.55. The van der Waals surface area contributed by atoms with Gasteiger partial charge in [0.15, 0.2) is 0 Å². The summed E-state index contributed by atoms with van der Waals surface area (Å²) in [5, 5.41) is 24.6. The summed E-state index contributed by atoms with van der Waals surface area (Å²) in [5.74, 6) is -0.726. The number of hydrogen-bond acceptors (Lipinski definition) is 5. The first kappa shape index (κ1) is 17.4. The van der Waals surface area contributed by atoms with Crippen molar-refractivity contribution >= 4 is 34.6 Å². The summed E-state index contributed by atoms with van der Waals surface area (Å²) in [6.07, 6.45) is 0. The lowest BCUT2D eigenvalue weighted by Crippen LogP contribution is -2.14. The first-order valence-corrected chi connectivity index (χ1v) is 7.09. The van der Waals surface area contributed by atoms with E-state index in [2.05, 4.69) is 5.32 Å². The van der Waals surface area contributed by atoms with E-state index in [9.17, 15) is 25.0 Å². The van der Waals surface area contributed by atoms with Gasteiger partial charge in [-0.05, 0) is 31.0 Å². The second-order valence-corrected chi connectivity index (χ2v) is 5.55. The van der Waals surface area contributed by atoms with Gasteiger partial charge in [0, 0.05) is 12.1 Å². The fraction of sp³-hybridized carbons (Fsp3) is 0.133. The van der Waals surface area contributed by atoms with Gasteiger partial charge in [0.1, 0.15) is 0 Å². The Morgan fingerprint density at radius 2 is 1.54 bits per heavy atom. The molecule has 1 N–H and O–H groups in total. The molecule has 0 radical (unpaired) electrons. The maximum absolute atomic E-state index is 12.3. The molecule has 0 atom stereocenters. The van der Waals surface area contributed by atoms with Crippen LogP contribution in [-0.4, -0.2) is 15.8 Å². The Hall–Kier alpha value is -3.00. The molecule has 0 heterocycles. The lowest BCUT2D eigenvalue weighted by molar-refractivity contribution is -0.394. The molecule has 0 spiro atoms. The van der Waals surface area contributed by atoms with E-state index >= 15 is 0 Å². The number of nitro benzene ring substituents is 2. The average molecular weight is 350 g/mol. The molecule has 0 saturated heterocycles. The van der Waals surface area contributed by atoms with E-state index in [0.29, 0.717) is 16.3 Å². The number of aryl methyl sites for hydroxylation is 2. The molecule has 0 aliphatic rings. The molecule has 0 aliphatic carbocycles. The number of benzene rings is 2. The van der Waals surface area contributed by atoms with E-state index in [0.717, 1.165) is 23.8 Å². The molecule has 0 saturated carbocycles. The molecule has 8 nitrogen and oxygen atoms in total. The van der Waals surface area contributed by atoms with Crippen molar-refractivity contribution < 1.29 is 14.6 Å².